The van der Waals surface area contributed by atoms with Crippen molar-refractivity contribution >= 4 is 91.4 Å². The first kappa shape index (κ1) is 50.0. The summed E-state index contributed by atoms with van der Waals surface area (Å²) in [4.78, 5) is 68.8. The normalized spacial score (nSPS) is 19.4. The van der Waals surface area contributed by atoms with E-state index in [2.05, 4.69) is 70.8 Å². The lowest BCUT2D eigenvalue weighted by molar-refractivity contribution is -0.137. The van der Waals surface area contributed by atoms with Gasteiger partial charge in [-0.2, -0.15) is 10.1 Å². The van der Waals surface area contributed by atoms with E-state index in [0.717, 1.165) is 56.7 Å². The predicted octanol–water partition coefficient (Wildman–Crippen LogP) is 6.71. The summed E-state index contributed by atoms with van der Waals surface area (Å²) in [5, 5.41) is 14.7. The molecule has 0 saturated carbocycles. The van der Waals surface area contributed by atoms with Gasteiger partial charge in [0.15, 0.2) is 0 Å². The molecule has 2 aromatic heterocycles. The van der Waals surface area contributed by atoms with Gasteiger partial charge >= 0.3 is 0 Å². The molecule has 4 saturated heterocycles. The minimum atomic E-state index is -2.93. The molecule has 5 aromatic rings. The maximum absolute atomic E-state index is 15.3. The molecule has 71 heavy (non-hydrogen) atoms. The van der Waals surface area contributed by atoms with Crippen molar-refractivity contribution in [3.05, 3.63) is 86.4 Å². The molecular formula is C50H59BrF2N11O6P. The fourth-order valence-corrected chi connectivity index (χ4v) is 12.4. The standard InChI is InChI=1S/C50H59BrF2N11O6P/c1-6-29-22-40(57-50-54-27-36(51)46(59-50)56-39-10-8-33-35(45(39)71(4,5)69)26-55-64(7-2)49(33)68)42(70-3)25-41(29)61-16-13-31(14-17-61)60-18-20-62(21-19-60)48(67)30-12-15-63(28-30)32-23-37(52)44(38(53)24-32)34-9-11-43(65)58-47(34)66/h8,10,22-27,30-31,34H,6-7,9,11-21,28H2,1-5H3,(H,58,65,66)(H2,54,56,57,59). The van der Waals surface area contributed by atoms with Crippen LogP contribution in [0.1, 0.15) is 63.0 Å². The van der Waals surface area contributed by atoms with Crippen LogP contribution in [-0.4, -0.2) is 126 Å². The molecule has 0 spiro atoms. The van der Waals surface area contributed by atoms with Crippen molar-refractivity contribution in [3.8, 4) is 5.75 Å². The largest absolute Gasteiger partial charge is 0.494 e. The van der Waals surface area contributed by atoms with E-state index in [1.54, 1.807) is 45.0 Å². The Labute approximate surface area is 419 Å². The van der Waals surface area contributed by atoms with Crippen LogP contribution in [0.15, 0.2) is 58.1 Å². The molecule has 4 aliphatic heterocycles. The molecule has 21 heteroatoms. The van der Waals surface area contributed by atoms with E-state index >= 15 is 8.78 Å². The Morgan fingerprint density at radius 3 is 2.27 bits per heavy atom. The van der Waals surface area contributed by atoms with E-state index in [1.165, 1.54) is 16.8 Å². The maximum Gasteiger partial charge on any atom is 0.274 e. The van der Waals surface area contributed by atoms with Gasteiger partial charge in [0.05, 0.1) is 46.4 Å². The second-order valence-electron chi connectivity index (χ2n) is 19.1. The molecule has 2 unspecified atom stereocenters. The van der Waals surface area contributed by atoms with Crippen LogP contribution < -0.4 is 41.4 Å². The molecule has 9 rings (SSSR count). The summed E-state index contributed by atoms with van der Waals surface area (Å²) < 4.78 is 52.3. The van der Waals surface area contributed by atoms with Crippen LogP contribution in [0.5, 0.6) is 5.75 Å². The summed E-state index contributed by atoms with van der Waals surface area (Å²) in [6.45, 7) is 13.1. The highest BCUT2D eigenvalue weighted by atomic mass is 79.9. The van der Waals surface area contributed by atoms with Gasteiger partial charge in [-0.25, -0.2) is 18.4 Å². The van der Waals surface area contributed by atoms with Gasteiger partial charge in [-0.3, -0.25) is 29.4 Å². The molecular weight excluding hydrogens is 999 g/mol. The molecule has 4 fully saturated rings. The Bertz CT molecular complexity index is 2990. The summed E-state index contributed by atoms with van der Waals surface area (Å²) in [5.74, 6) is -2.71. The average molecular weight is 1060 g/mol. The second kappa shape index (κ2) is 20.6. The number of piperazine rings is 1. The van der Waals surface area contributed by atoms with Crippen molar-refractivity contribution in [1.82, 2.24) is 34.9 Å². The lowest BCUT2D eigenvalue weighted by Crippen LogP contribution is -2.55. The smallest absolute Gasteiger partial charge is 0.274 e. The van der Waals surface area contributed by atoms with Crippen LogP contribution >= 0.6 is 23.1 Å². The fourth-order valence-electron chi connectivity index (χ4n) is 10.7. The van der Waals surface area contributed by atoms with Crippen LogP contribution in [0.3, 0.4) is 0 Å². The van der Waals surface area contributed by atoms with Gasteiger partial charge in [-0.1, -0.05) is 6.92 Å². The van der Waals surface area contributed by atoms with E-state index < -0.39 is 36.5 Å². The van der Waals surface area contributed by atoms with Gasteiger partial charge in [0, 0.05) is 111 Å². The molecule has 0 aliphatic carbocycles. The number of fused-ring (bicyclic) bond motifs is 1. The molecule has 3 amide bonds. The van der Waals surface area contributed by atoms with Crippen molar-refractivity contribution in [2.24, 2.45) is 5.92 Å². The molecule has 3 aromatic carbocycles. The molecule has 4 aliphatic rings. The zero-order valence-electron chi connectivity index (χ0n) is 40.6. The highest BCUT2D eigenvalue weighted by molar-refractivity contribution is 9.10. The Hall–Kier alpha value is -5.98. The number of anilines is 6. The quantitative estimate of drug-likeness (QED) is 0.0834. The zero-order valence-corrected chi connectivity index (χ0v) is 43.0. The van der Waals surface area contributed by atoms with Gasteiger partial charge in [0.1, 0.15) is 30.3 Å². The van der Waals surface area contributed by atoms with Crippen LogP contribution in [0.25, 0.3) is 10.8 Å². The van der Waals surface area contributed by atoms with Gasteiger partial charge in [-0.15, -0.1) is 0 Å². The highest BCUT2D eigenvalue weighted by Gasteiger charge is 2.37. The number of piperidine rings is 2. The number of carbonyl (C=O) groups excluding carboxylic acids is 3. The fraction of sp³-hybridized carbons (Fsp3) is 0.460. The number of methoxy groups -OCH3 is 1. The number of nitrogens with one attached hydrogen (secondary N) is 3. The Kier molecular flexibility index (Phi) is 14.5. The summed E-state index contributed by atoms with van der Waals surface area (Å²) in [6.07, 6.45) is 6.59. The first-order valence-electron chi connectivity index (χ1n) is 24.3. The van der Waals surface area contributed by atoms with Gasteiger partial charge < -0.3 is 34.6 Å². The number of ether oxygens (including phenoxy) is 1. The number of carbonyl (C=O) groups is 3. The van der Waals surface area contributed by atoms with Gasteiger partial charge in [0.25, 0.3) is 5.56 Å². The van der Waals surface area contributed by atoms with Crippen molar-refractivity contribution in [3.63, 3.8) is 0 Å². The number of rotatable bonds is 13. The third-order valence-corrected chi connectivity index (χ3v) is 16.5. The summed E-state index contributed by atoms with van der Waals surface area (Å²) in [5.41, 5.74) is 3.26. The second-order valence-corrected chi connectivity index (χ2v) is 23.1. The number of imide groups is 1. The van der Waals surface area contributed by atoms with E-state index in [9.17, 15) is 23.7 Å². The Balaban J connectivity index is 0.802. The molecule has 17 nitrogen and oxygen atoms in total. The minimum Gasteiger partial charge on any atom is -0.494 e. The molecule has 6 heterocycles. The topological polar surface area (TPSA) is 187 Å². The van der Waals surface area contributed by atoms with Crippen LogP contribution in [-0.2, 0) is 31.9 Å². The van der Waals surface area contributed by atoms with Crippen LogP contribution in [0.4, 0.5) is 43.3 Å². The van der Waals surface area contributed by atoms with Crippen molar-refractivity contribution < 1.29 is 32.5 Å². The number of hydrogen-bond acceptors (Lipinski definition) is 14. The number of aromatic nitrogens is 4. The van der Waals surface area contributed by atoms with E-state index in [1.807, 2.05) is 16.7 Å². The summed E-state index contributed by atoms with van der Waals surface area (Å²) in [7, 11) is -1.29. The van der Waals surface area contributed by atoms with Gasteiger partial charge in [0.2, 0.25) is 23.7 Å². The van der Waals surface area contributed by atoms with Gasteiger partial charge in [-0.05, 0) is 104 Å². The third-order valence-electron chi connectivity index (χ3n) is 14.4. The molecule has 376 valence electrons. The summed E-state index contributed by atoms with van der Waals surface area (Å²) >= 11 is 3.58. The van der Waals surface area contributed by atoms with Crippen molar-refractivity contribution in [1.29, 1.82) is 0 Å². The number of nitrogens with zero attached hydrogens (tertiary/aromatic N) is 8. The van der Waals surface area contributed by atoms with Crippen LogP contribution in [0, 0.1) is 17.6 Å². The Morgan fingerprint density at radius 1 is 0.887 bits per heavy atom. The zero-order chi connectivity index (χ0) is 50.3. The molecule has 0 bridgehead atoms. The monoisotopic (exact) mass is 1060 g/mol. The highest BCUT2D eigenvalue weighted by Crippen LogP contribution is 2.42. The average Bonchev–Trinajstić information content (AvgIpc) is 3.86. The van der Waals surface area contributed by atoms with Crippen molar-refractivity contribution in [2.45, 2.75) is 70.9 Å². The van der Waals surface area contributed by atoms with E-state index in [0.29, 0.717) is 100 Å². The Morgan fingerprint density at radius 2 is 1.61 bits per heavy atom. The number of aryl methyl sites for hydroxylation is 2. The summed E-state index contributed by atoms with van der Waals surface area (Å²) in [6, 6.07) is 10.5. The van der Waals surface area contributed by atoms with Crippen LogP contribution in [0.2, 0.25) is 0 Å². The molecule has 3 N–H and O–H groups in total. The first-order valence-corrected chi connectivity index (χ1v) is 27.7. The minimum absolute atomic E-state index is 0.0215. The third kappa shape index (κ3) is 10.2. The lowest BCUT2D eigenvalue weighted by atomic mass is 9.89. The van der Waals surface area contributed by atoms with E-state index in [4.69, 9.17) is 9.72 Å². The molecule has 2 atom stereocenters. The maximum atomic E-state index is 15.3. The lowest BCUT2D eigenvalue weighted by Gasteiger charge is -2.44. The number of halogens is 3. The number of hydrogen-bond donors (Lipinski definition) is 3. The SMILES string of the molecule is CCc1cc(Nc2ncc(Br)c(Nc3ccc4c(=O)n(CC)ncc4c3P(C)(C)=O)n2)c(OC)cc1N1CCC(N2CCN(C(=O)C3CCN(c4cc(F)c(C5CCC(=O)NC5=O)c(F)c4)C3)CC2)CC1. The number of benzene rings is 3. The first-order chi connectivity index (χ1) is 34.0. The predicted molar refractivity (Wildman–Crippen MR) is 275 cm³/mol. The number of amides is 3. The van der Waals surface area contributed by atoms with Crippen molar-refractivity contribution in [2.75, 3.05) is 93.2 Å². The molecule has 0 radical (unpaired) electrons. The van der Waals surface area contributed by atoms with E-state index in [-0.39, 0.29) is 35.8 Å².